The van der Waals surface area contributed by atoms with E-state index in [9.17, 15) is 5.11 Å². The Kier molecular flexibility index (Phi) is 3.42. The van der Waals surface area contributed by atoms with Gasteiger partial charge in [-0.15, -0.1) is 0 Å². The van der Waals surface area contributed by atoms with Gasteiger partial charge in [-0.3, -0.25) is 0 Å². The molecule has 2 fully saturated rings. The first kappa shape index (κ1) is 14.1. The van der Waals surface area contributed by atoms with E-state index in [1.165, 1.54) is 24.8 Å². The summed E-state index contributed by atoms with van der Waals surface area (Å²) < 4.78 is 0. The fourth-order valence-corrected chi connectivity index (χ4v) is 4.86. The first-order valence-corrected chi connectivity index (χ1v) is 7.89. The van der Waals surface area contributed by atoms with E-state index in [1.54, 1.807) is 0 Å². The molecule has 2 saturated carbocycles. The Morgan fingerprint density at radius 3 is 2.50 bits per heavy atom. The average molecular weight is 273 g/mol. The lowest BCUT2D eigenvalue weighted by atomic mass is 9.68. The fourth-order valence-electron chi connectivity index (χ4n) is 4.86. The SMILES string of the molecule is CC12CCC(C1)C(C)(C)C2NC(CO)c1ccccc1. The van der Waals surface area contributed by atoms with Gasteiger partial charge in [0.2, 0.25) is 0 Å². The van der Waals surface area contributed by atoms with Crippen molar-refractivity contribution in [3.8, 4) is 0 Å². The number of fused-ring (bicyclic) bond motifs is 2. The van der Waals surface area contributed by atoms with Gasteiger partial charge in [-0.2, -0.15) is 0 Å². The standard InChI is InChI=1S/C18H27NO/c1-17(2)14-9-10-18(3,11-14)16(17)19-15(12-20)13-7-5-4-6-8-13/h4-8,14-16,19-20H,9-12H2,1-3H3. The monoisotopic (exact) mass is 273 g/mol. The van der Waals surface area contributed by atoms with Crippen LogP contribution in [0.3, 0.4) is 0 Å². The molecule has 0 aromatic heterocycles. The average Bonchev–Trinajstić information content (AvgIpc) is 2.91. The molecule has 0 aliphatic heterocycles. The molecule has 2 nitrogen and oxygen atoms in total. The molecule has 4 unspecified atom stereocenters. The molecule has 2 aliphatic rings. The number of hydrogen-bond donors (Lipinski definition) is 2. The molecule has 2 aliphatic carbocycles. The van der Waals surface area contributed by atoms with Crippen molar-refractivity contribution in [2.24, 2.45) is 16.7 Å². The van der Waals surface area contributed by atoms with Gasteiger partial charge in [0.05, 0.1) is 12.6 Å². The van der Waals surface area contributed by atoms with Crippen LogP contribution in [0.25, 0.3) is 0 Å². The van der Waals surface area contributed by atoms with Crippen molar-refractivity contribution in [2.45, 2.75) is 52.1 Å². The van der Waals surface area contributed by atoms with Crippen molar-refractivity contribution >= 4 is 0 Å². The van der Waals surface area contributed by atoms with Gasteiger partial charge in [0.25, 0.3) is 0 Å². The molecule has 2 heteroatoms. The van der Waals surface area contributed by atoms with Gasteiger partial charge in [0.15, 0.2) is 0 Å². The zero-order chi connectivity index (χ0) is 14.4. The van der Waals surface area contributed by atoms with Gasteiger partial charge in [-0.05, 0) is 41.6 Å². The van der Waals surface area contributed by atoms with Crippen LogP contribution in [-0.4, -0.2) is 17.8 Å². The van der Waals surface area contributed by atoms with E-state index in [2.05, 4.69) is 38.2 Å². The van der Waals surface area contributed by atoms with Gasteiger partial charge in [-0.1, -0.05) is 51.1 Å². The molecule has 2 bridgehead atoms. The topological polar surface area (TPSA) is 32.3 Å². The first-order valence-electron chi connectivity index (χ1n) is 7.89. The molecular weight excluding hydrogens is 246 g/mol. The van der Waals surface area contributed by atoms with Crippen molar-refractivity contribution in [3.05, 3.63) is 35.9 Å². The molecule has 0 amide bonds. The molecule has 4 atom stereocenters. The Morgan fingerprint density at radius 2 is 1.95 bits per heavy atom. The van der Waals surface area contributed by atoms with Crippen LogP contribution in [-0.2, 0) is 0 Å². The number of hydrogen-bond acceptors (Lipinski definition) is 2. The molecule has 3 rings (SSSR count). The Labute approximate surface area is 122 Å². The van der Waals surface area contributed by atoms with Crippen molar-refractivity contribution in [3.63, 3.8) is 0 Å². The van der Waals surface area contributed by atoms with E-state index in [0.29, 0.717) is 16.9 Å². The smallest absolute Gasteiger partial charge is 0.0626 e. The highest BCUT2D eigenvalue weighted by molar-refractivity contribution is 5.21. The van der Waals surface area contributed by atoms with Crippen molar-refractivity contribution in [2.75, 3.05) is 6.61 Å². The Bertz CT molecular complexity index is 465. The van der Waals surface area contributed by atoms with Crippen LogP contribution in [0.1, 0.15) is 51.6 Å². The minimum Gasteiger partial charge on any atom is -0.394 e. The molecule has 0 saturated heterocycles. The van der Waals surface area contributed by atoms with Gasteiger partial charge in [-0.25, -0.2) is 0 Å². The van der Waals surface area contributed by atoms with Gasteiger partial charge >= 0.3 is 0 Å². The van der Waals surface area contributed by atoms with Gasteiger partial charge in [0.1, 0.15) is 0 Å². The van der Waals surface area contributed by atoms with Gasteiger partial charge in [0, 0.05) is 6.04 Å². The summed E-state index contributed by atoms with van der Waals surface area (Å²) in [6.07, 6.45) is 4.03. The van der Waals surface area contributed by atoms with Crippen molar-refractivity contribution in [1.29, 1.82) is 0 Å². The summed E-state index contributed by atoms with van der Waals surface area (Å²) in [4.78, 5) is 0. The van der Waals surface area contributed by atoms with Gasteiger partial charge < -0.3 is 10.4 Å². The molecule has 1 aromatic rings. The lowest BCUT2D eigenvalue weighted by Crippen LogP contribution is -2.52. The second kappa shape index (κ2) is 4.85. The van der Waals surface area contributed by atoms with E-state index in [-0.39, 0.29) is 12.6 Å². The third kappa shape index (κ3) is 2.10. The predicted molar refractivity (Wildman–Crippen MR) is 82.4 cm³/mol. The highest BCUT2D eigenvalue weighted by Gasteiger charge is 2.59. The van der Waals surface area contributed by atoms with Crippen LogP contribution < -0.4 is 5.32 Å². The lowest BCUT2D eigenvalue weighted by molar-refractivity contribution is 0.0867. The molecule has 20 heavy (non-hydrogen) atoms. The minimum absolute atomic E-state index is 0.0525. The zero-order valence-electron chi connectivity index (χ0n) is 12.9. The molecule has 2 N–H and O–H groups in total. The Balaban J connectivity index is 1.83. The number of aliphatic hydroxyl groups is 1. The normalized spacial score (nSPS) is 36.2. The van der Waals surface area contributed by atoms with E-state index in [4.69, 9.17) is 0 Å². The van der Waals surface area contributed by atoms with Crippen LogP contribution in [0.15, 0.2) is 30.3 Å². The van der Waals surface area contributed by atoms with Crippen molar-refractivity contribution < 1.29 is 5.11 Å². The summed E-state index contributed by atoms with van der Waals surface area (Å²) in [6.45, 7) is 7.40. The summed E-state index contributed by atoms with van der Waals surface area (Å²) in [7, 11) is 0. The number of rotatable bonds is 4. The fraction of sp³-hybridized carbons (Fsp3) is 0.667. The summed E-state index contributed by atoms with van der Waals surface area (Å²) in [6, 6.07) is 10.9. The quantitative estimate of drug-likeness (QED) is 0.879. The minimum atomic E-state index is 0.0525. The van der Waals surface area contributed by atoms with Crippen LogP contribution >= 0.6 is 0 Å². The molecule has 0 spiro atoms. The second-order valence-electron chi connectivity index (χ2n) is 7.66. The largest absolute Gasteiger partial charge is 0.394 e. The highest BCUT2D eigenvalue weighted by Crippen LogP contribution is 2.62. The van der Waals surface area contributed by atoms with E-state index < -0.39 is 0 Å². The van der Waals surface area contributed by atoms with Crippen LogP contribution in [0.2, 0.25) is 0 Å². The maximum atomic E-state index is 9.80. The molecular formula is C18H27NO. The molecule has 1 aromatic carbocycles. The third-order valence-corrected chi connectivity index (χ3v) is 6.02. The summed E-state index contributed by atoms with van der Waals surface area (Å²) in [5, 5.41) is 13.6. The molecule has 0 radical (unpaired) electrons. The van der Waals surface area contributed by atoms with E-state index in [0.717, 1.165) is 5.92 Å². The summed E-state index contributed by atoms with van der Waals surface area (Å²) in [5.74, 6) is 0.833. The van der Waals surface area contributed by atoms with E-state index in [1.807, 2.05) is 18.2 Å². The van der Waals surface area contributed by atoms with Crippen molar-refractivity contribution in [1.82, 2.24) is 5.32 Å². The zero-order valence-corrected chi connectivity index (χ0v) is 12.9. The summed E-state index contributed by atoms with van der Waals surface area (Å²) >= 11 is 0. The summed E-state index contributed by atoms with van der Waals surface area (Å²) in [5.41, 5.74) is 1.92. The number of benzene rings is 1. The lowest BCUT2D eigenvalue weighted by Gasteiger charge is -2.45. The number of nitrogens with one attached hydrogen (secondary N) is 1. The Morgan fingerprint density at radius 1 is 1.25 bits per heavy atom. The Hall–Kier alpha value is -0.860. The second-order valence-corrected chi connectivity index (χ2v) is 7.66. The van der Waals surface area contributed by atoms with Crippen LogP contribution in [0, 0.1) is 16.7 Å². The van der Waals surface area contributed by atoms with Crippen LogP contribution in [0.4, 0.5) is 0 Å². The maximum absolute atomic E-state index is 9.80. The van der Waals surface area contributed by atoms with E-state index >= 15 is 0 Å². The van der Waals surface area contributed by atoms with Crippen LogP contribution in [0.5, 0.6) is 0 Å². The molecule has 0 heterocycles. The molecule has 110 valence electrons. The highest BCUT2D eigenvalue weighted by atomic mass is 16.3. The first-order chi connectivity index (χ1) is 9.47. The predicted octanol–water partition coefficient (Wildman–Crippen LogP) is 3.52. The third-order valence-electron chi connectivity index (χ3n) is 6.02. The maximum Gasteiger partial charge on any atom is 0.0626 e. The number of aliphatic hydroxyl groups excluding tert-OH is 1.